The highest BCUT2D eigenvalue weighted by atomic mass is 32.2. The SMILES string of the molecule is CCNC(=NCCCNS(=O)(=O)CC)N1CCN(C(C)=O)CC1. The Balaban J connectivity index is 2.43. The highest BCUT2D eigenvalue weighted by Crippen LogP contribution is 2.03. The quantitative estimate of drug-likeness (QED) is 0.366. The van der Waals surface area contributed by atoms with Gasteiger partial charge in [-0.1, -0.05) is 0 Å². The highest BCUT2D eigenvalue weighted by Gasteiger charge is 2.20. The maximum Gasteiger partial charge on any atom is 0.219 e. The van der Waals surface area contributed by atoms with E-state index in [1.54, 1.807) is 13.8 Å². The molecule has 0 unspecified atom stereocenters. The molecule has 0 bridgehead atoms. The third-order valence-corrected chi connectivity index (χ3v) is 5.06. The molecule has 0 radical (unpaired) electrons. The molecule has 0 atom stereocenters. The van der Waals surface area contributed by atoms with E-state index >= 15 is 0 Å². The van der Waals surface area contributed by atoms with Crippen molar-refractivity contribution in [2.75, 3.05) is 51.6 Å². The van der Waals surface area contributed by atoms with E-state index in [0.29, 0.717) is 32.6 Å². The third kappa shape index (κ3) is 7.17. The van der Waals surface area contributed by atoms with Gasteiger partial charge in [-0.15, -0.1) is 0 Å². The lowest BCUT2D eigenvalue weighted by Crippen LogP contribution is -2.53. The molecule has 0 aliphatic carbocycles. The largest absolute Gasteiger partial charge is 0.357 e. The second-order valence-electron chi connectivity index (χ2n) is 5.38. The Kier molecular flexibility index (Phi) is 8.32. The van der Waals surface area contributed by atoms with E-state index in [0.717, 1.165) is 25.6 Å². The number of sulfonamides is 1. The number of hydrogen-bond acceptors (Lipinski definition) is 4. The van der Waals surface area contributed by atoms with Crippen molar-refractivity contribution in [1.29, 1.82) is 0 Å². The fraction of sp³-hybridized carbons (Fsp3) is 0.857. The zero-order valence-electron chi connectivity index (χ0n) is 14.3. The maximum absolute atomic E-state index is 11.4. The van der Waals surface area contributed by atoms with Gasteiger partial charge in [-0.2, -0.15) is 0 Å². The number of rotatable bonds is 7. The molecule has 8 nitrogen and oxygen atoms in total. The van der Waals surface area contributed by atoms with Gasteiger partial charge in [-0.05, 0) is 20.3 Å². The number of nitrogens with one attached hydrogen (secondary N) is 2. The van der Waals surface area contributed by atoms with E-state index in [4.69, 9.17) is 0 Å². The number of amides is 1. The normalized spacial score (nSPS) is 16.6. The fourth-order valence-corrected chi connectivity index (χ4v) is 2.91. The van der Waals surface area contributed by atoms with Crippen LogP contribution in [-0.4, -0.2) is 81.7 Å². The average Bonchev–Trinajstić information content (AvgIpc) is 2.53. The molecular formula is C14H29N5O3S. The van der Waals surface area contributed by atoms with Gasteiger partial charge in [0, 0.05) is 52.7 Å². The van der Waals surface area contributed by atoms with Crippen molar-refractivity contribution in [2.45, 2.75) is 27.2 Å². The molecule has 9 heteroatoms. The Hall–Kier alpha value is -1.35. The summed E-state index contributed by atoms with van der Waals surface area (Å²) in [4.78, 5) is 19.9. The van der Waals surface area contributed by atoms with Crippen LogP contribution >= 0.6 is 0 Å². The Labute approximate surface area is 139 Å². The molecule has 0 aromatic rings. The fourth-order valence-electron chi connectivity index (χ4n) is 2.25. The van der Waals surface area contributed by atoms with Crippen LogP contribution in [0, 0.1) is 0 Å². The Bertz CT molecular complexity index is 499. The van der Waals surface area contributed by atoms with E-state index in [1.807, 2.05) is 11.8 Å². The number of carbonyl (C=O) groups excluding carboxylic acids is 1. The van der Waals surface area contributed by atoms with Crippen LogP contribution in [0.3, 0.4) is 0 Å². The van der Waals surface area contributed by atoms with Gasteiger partial charge in [0.25, 0.3) is 0 Å². The van der Waals surface area contributed by atoms with Gasteiger partial charge in [-0.3, -0.25) is 9.79 Å². The lowest BCUT2D eigenvalue weighted by Gasteiger charge is -2.36. The zero-order chi connectivity index (χ0) is 17.3. The van der Waals surface area contributed by atoms with Crippen LogP contribution in [0.4, 0.5) is 0 Å². The van der Waals surface area contributed by atoms with Crippen molar-refractivity contribution in [1.82, 2.24) is 19.8 Å². The highest BCUT2D eigenvalue weighted by molar-refractivity contribution is 7.89. The van der Waals surface area contributed by atoms with Crippen molar-refractivity contribution >= 4 is 21.9 Å². The second kappa shape index (κ2) is 9.71. The molecule has 134 valence electrons. The predicted octanol–water partition coefficient (Wildman–Crippen LogP) is -0.555. The average molecular weight is 347 g/mol. The van der Waals surface area contributed by atoms with Crippen LogP contribution in [0.5, 0.6) is 0 Å². The summed E-state index contributed by atoms with van der Waals surface area (Å²) in [6.45, 7) is 9.87. The van der Waals surface area contributed by atoms with Gasteiger partial charge < -0.3 is 15.1 Å². The Morgan fingerprint density at radius 1 is 1.13 bits per heavy atom. The smallest absolute Gasteiger partial charge is 0.219 e. The first-order chi connectivity index (χ1) is 10.9. The van der Waals surface area contributed by atoms with Gasteiger partial charge in [-0.25, -0.2) is 13.1 Å². The Morgan fingerprint density at radius 3 is 2.26 bits per heavy atom. The molecule has 1 fully saturated rings. The van der Waals surface area contributed by atoms with Gasteiger partial charge in [0.1, 0.15) is 0 Å². The summed E-state index contributed by atoms with van der Waals surface area (Å²) in [5.74, 6) is 1.03. The van der Waals surface area contributed by atoms with Crippen molar-refractivity contribution in [3.05, 3.63) is 0 Å². The van der Waals surface area contributed by atoms with Crippen molar-refractivity contribution in [3.63, 3.8) is 0 Å². The van der Waals surface area contributed by atoms with Crippen molar-refractivity contribution in [2.24, 2.45) is 4.99 Å². The third-order valence-electron chi connectivity index (χ3n) is 3.66. The first-order valence-corrected chi connectivity index (χ1v) is 9.81. The predicted molar refractivity (Wildman–Crippen MR) is 91.9 cm³/mol. The van der Waals surface area contributed by atoms with Crippen molar-refractivity contribution in [3.8, 4) is 0 Å². The molecular weight excluding hydrogens is 318 g/mol. The Morgan fingerprint density at radius 2 is 1.74 bits per heavy atom. The molecule has 2 N–H and O–H groups in total. The molecule has 1 saturated heterocycles. The lowest BCUT2D eigenvalue weighted by atomic mass is 10.3. The van der Waals surface area contributed by atoms with Gasteiger partial charge >= 0.3 is 0 Å². The van der Waals surface area contributed by atoms with Crippen LogP contribution in [0.25, 0.3) is 0 Å². The van der Waals surface area contributed by atoms with E-state index < -0.39 is 10.0 Å². The summed E-state index contributed by atoms with van der Waals surface area (Å²) >= 11 is 0. The molecule has 0 saturated carbocycles. The van der Waals surface area contributed by atoms with Crippen LogP contribution < -0.4 is 10.0 Å². The molecule has 1 aliphatic rings. The number of hydrogen-bond donors (Lipinski definition) is 2. The minimum atomic E-state index is -3.13. The van der Waals surface area contributed by atoms with Crippen molar-refractivity contribution < 1.29 is 13.2 Å². The minimum Gasteiger partial charge on any atom is -0.357 e. The first kappa shape index (κ1) is 19.7. The van der Waals surface area contributed by atoms with E-state index in [9.17, 15) is 13.2 Å². The topological polar surface area (TPSA) is 94.1 Å². The van der Waals surface area contributed by atoms with Crippen LogP contribution in [0.15, 0.2) is 4.99 Å². The molecule has 0 aromatic heterocycles. The van der Waals surface area contributed by atoms with E-state index in [-0.39, 0.29) is 11.7 Å². The molecule has 1 rings (SSSR count). The van der Waals surface area contributed by atoms with Gasteiger partial charge in [0.15, 0.2) is 5.96 Å². The number of aliphatic imine (C=N–C) groups is 1. The summed E-state index contributed by atoms with van der Waals surface area (Å²) < 4.78 is 25.2. The number of nitrogens with zero attached hydrogens (tertiary/aromatic N) is 3. The first-order valence-electron chi connectivity index (χ1n) is 8.15. The summed E-state index contributed by atoms with van der Waals surface area (Å²) in [6, 6.07) is 0. The zero-order valence-corrected chi connectivity index (χ0v) is 15.2. The number of piperazine rings is 1. The molecule has 1 amide bonds. The monoisotopic (exact) mass is 347 g/mol. The molecule has 0 spiro atoms. The van der Waals surface area contributed by atoms with Crippen LogP contribution in [0.2, 0.25) is 0 Å². The molecule has 0 aromatic carbocycles. The lowest BCUT2D eigenvalue weighted by molar-refractivity contribution is -0.130. The van der Waals surface area contributed by atoms with Gasteiger partial charge in [0.05, 0.1) is 5.75 Å². The number of carbonyl (C=O) groups is 1. The molecule has 1 aliphatic heterocycles. The van der Waals surface area contributed by atoms with E-state index in [1.165, 1.54) is 0 Å². The summed E-state index contributed by atoms with van der Waals surface area (Å²) in [5, 5.41) is 3.25. The maximum atomic E-state index is 11.4. The summed E-state index contributed by atoms with van der Waals surface area (Å²) in [6.07, 6.45) is 0.654. The van der Waals surface area contributed by atoms with Crippen LogP contribution in [0.1, 0.15) is 27.2 Å². The molecule has 1 heterocycles. The minimum absolute atomic E-state index is 0.0966. The summed E-state index contributed by atoms with van der Waals surface area (Å²) in [7, 11) is -3.13. The van der Waals surface area contributed by atoms with Gasteiger partial charge in [0.2, 0.25) is 15.9 Å². The number of guanidine groups is 1. The van der Waals surface area contributed by atoms with Crippen LogP contribution in [-0.2, 0) is 14.8 Å². The molecule has 23 heavy (non-hydrogen) atoms. The second-order valence-corrected chi connectivity index (χ2v) is 7.48. The summed E-state index contributed by atoms with van der Waals surface area (Å²) in [5.41, 5.74) is 0. The standard InChI is InChI=1S/C14H29N5O3S/c1-4-15-14(16-7-6-8-17-23(21,22)5-2)19-11-9-18(10-12-19)13(3)20/h17H,4-12H2,1-3H3,(H,15,16). The van der Waals surface area contributed by atoms with E-state index in [2.05, 4.69) is 19.9 Å².